The normalized spacial score (nSPS) is 16.3. The molecule has 6 heteroatoms. The Kier molecular flexibility index (Phi) is 6.89. The molecule has 1 aliphatic heterocycles. The predicted octanol–water partition coefficient (Wildman–Crippen LogP) is 3.34. The Bertz CT molecular complexity index is 777. The Morgan fingerprint density at radius 2 is 1.71 bits per heavy atom. The third-order valence-electron chi connectivity index (χ3n) is 4.68. The molecule has 1 fully saturated rings. The highest BCUT2D eigenvalue weighted by Gasteiger charge is 2.28. The van der Waals surface area contributed by atoms with Crippen molar-refractivity contribution in [2.75, 3.05) is 31.6 Å². The summed E-state index contributed by atoms with van der Waals surface area (Å²) < 4.78 is 11.0. The van der Waals surface area contributed by atoms with Crippen molar-refractivity contribution >= 4 is 17.5 Å². The minimum Gasteiger partial charge on any atom is -0.494 e. The maximum atomic E-state index is 12.5. The number of carbonyl (C=O) groups excluding carboxylic acids is 2. The van der Waals surface area contributed by atoms with E-state index in [9.17, 15) is 9.59 Å². The summed E-state index contributed by atoms with van der Waals surface area (Å²) in [6, 6.07) is 16.6. The van der Waals surface area contributed by atoms with Gasteiger partial charge in [0, 0.05) is 18.8 Å². The molecule has 0 radical (unpaired) electrons. The number of ether oxygens (including phenoxy) is 2. The first-order chi connectivity index (χ1) is 13.7. The summed E-state index contributed by atoms with van der Waals surface area (Å²) >= 11 is 0. The number of nitrogens with one attached hydrogen (secondary N) is 1. The van der Waals surface area contributed by atoms with Gasteiger partial charge in [-0.25, -0.2) is 0 Å². The minimum absolute atomic E-state index is 0.0407. The van der Waals surface area contributed by atoms with Crippen molar-refractivity contribution in [2.24, 2.45) is 5.92 Å². The molecule has 0 saturated carbocycles. The second-order valence-corrected chi connectivity index (χ2v) is 6.73. The molecule has 1 atom stereocenters. The lowest BCUT2D eigenvalue weighted by molar-refractivity contribution is -0.136. The fraction of sp³-hybridized carbons (Fsp3) is 0.364. The fourth-order valence-corrected chi connectivity index (χ4v) is 3.22. The van der Waals surface area contributed by atoms with Gasteiger partial charge in [-0.2, -0.15) is 0 Å². The molecule has 0 aliphatic carbocycles. The number of benzene rings is 2. The lowest BCUT2D eigenvalue weighted by Gasteiger charge is -2.32. The van der Waals surface area contributed by atoms with E-state index < -0.39 is 0 Å². The molecule has 2 aromatic carbocycles. The van der Waals surface area contributed by atoms with Crippen LogP contribution in [0.25, 0.3) is 0 Å². The van der Waals surface area contributed by atoms with Gasteiger partial charge in [0.05, 0.1) is 12.5 Å². The van der Waals surface area contributed by atoms with Gasteiger partial charge in [0.1, 0.15) is 11.5 Å². The molecule has 148 valence electrons. The van der Waals surface area contributed by atoms with E-state index in [1.807, 2.05) is 49.4 Å². The van der Waals surface area contributed by atoms with Crippen molar-refractivity contribution in [1.82, 2.24) is 4.90 Å². The number of hydrogen-bond acceptors (Lipinski definition) is 4. The molecule has 2 amide bonds. The van der Waals surface area contributed by atoms with E-state index in [1.165, 1.54) is 0 Å². The van der Waals surface area contributed by atoms with Crippen molar-refractivity contribution in [3.63, 3.8) is 0 Å². The SMILES string of the molecule is CCOc1ccc(OCC(=O)N2CCC[C@@H](C(=O)Nc3ccccc3)C2)cc1. The minimum atomic E-state index is -0.205. The molecule has 0 unspecified atom stereocenters. The van der Waals surface area contributed by atoms with Gasteiger partial charge in [0.25, 0.3) is 5.91 Å². The zero-order chi connectivity index (χ0) is 19.8. The standard InChI is InChI=1S/C22H26N2O4/c1-2-27-19-10-12-20(13-11-19)28-16-21(25)24-14-6-7-17(15-24)22(26)23-18-8-4-3-5-9-18/h3-5,8-13,17H,2,6-7,14-16H2,1H3,(H,23,26)/t17-/m1/s1. The predicted molar refractivity (Wildman–Crippen MR) is 107 cm³/mol. The number of anilines is 1. The summed E-state index contributed by atoms with van der Waals surface area (Å²) in [5.74, 6) is 1.03. The van der Waals surface area contributed by atoms with Crippen molar-refractivity contribution < 1.29 is 19.1 Å². The number of amides is 2. The highest BCUT2D eigenvalue weighted by atomic mass is 16.5. The van der Waals surface area contributed by atoms with Gasteiger partial charge in [0.15, 0.2) is 6.61 Å². The van der Waals surface area contributed by atoms with Crippen LogP contribution in [-0.4, -0.2) is 43.0 Å². The zero-order valence-corrected chi connectivity index (χ0v) is 16.1. The van der Waals surface area contributed by atoms with E-state index in [2.05, 4.69) is 5.32 Å². The number of para-hydroxylation sites is 1. The van der Waals surface area contributed by atoms with E-state index in [0.29, 0.717) is 25.4 Å². The monoisotopic (exact) mass is 382 g/mol. The largest absolute Gasteiger partial charge is 0.494 e. The lowest BCUT2D eigenvalue weighted by Crippen LogP contribution is -2.45. The second kappa shape index (κ2) is 9.78. The molecule has 1 saturated heterocycles. The Morgan fingerprint density at radius 1 is 1.04 bits per heavy atom. The molecule has 2 aromatic rings. The molecule has 28 heavy (non-hydrogen) atoms. The van der Waals surface area contributed by atoms with Gasteiger partial charge in [-0.15, -0.1) is 0 Å². The van der Waals surface area contributed by atoms with Gasteiger partial charge in [0.2, 0.25) is 5.91 Å². The first-order valence-corrected chi connectivity index (χ1v) is 9.65. The first-order valence-electron chi connectivity index (χ1n) is 9.65. The lowest BCUT2D eigenvalue weighted by atomic mass is 9.97. The molecule has 0 bridgehead atoms. The van der Waals surface area contributed by atoms with Crippen molar-refractivity contribution in [2.45, 2.75) is 19.8 Å². The van der Waals surface area contributed by atoms with Crippen molar-refractivity contribution in [3.8, 4) is 11.5 Å². The Labute approximate surface area is 165 Å². The average Bonchev–Trinajstić information content (AvgIpc) is 2.74. The smallest absolute Gasteiger partial charge is 0.260 e. The van der Waals surface area contributed by atoms with Gasteiger partial charge in [-0.05, 0) is 56.2 Å². The van der Waals surface area contributed by atoms with Crippen LogP contribution in [0.5, 0.6) is 11.5 Å². The summed E-state index contributed by atoms with van der Waals surface area (Å²) in [4.78, 5) is 26.7. The molecule has 1 aliphatic rings. The van der Waals surface area contributed by atoms with Gasteiger partial charge < -0.3 is 19.7 Å². The van der Waals surface area contributed by atoms with Crippen LogP contribution < -0.4 is 14.8 Å². The highest BCUT2D eigenvalue weighted by molar-refractivity contribution is 5.93. The van der Waals surface area contributed by atoms with Crippen LogP contribution in [0, 0.1) is 5.92 Å². The van der Waals surface area contributed by atoms with Gasteiger partial charge in [-0.3, -0.25) is 9.59 Å². The summed E-state index contributed by atoms with van der Waals surface area (Å²) in [6.07, 6.45) is 1.59. The van der Waals surface area contributed by atoms with E-state index in [1.54, 1.807) is 17.0 Å². The third-order valence-corrected chi connectivity index (χ3v) is 4.68. The maximum Gasteiger partial charge on any atom is 0.260 e. The molecule has 1 heterocycles. The number of rotatable bonds is 7. The van der Waals surface area contributed by atoms with E-state index in [0.717, 1.165) is 24.3 Å². The quantitative estimate of drug-likeness (QED) is 0.798. The molecule has 6 nitrogen and oxygen atoms in total. The van der Waals surface area contributed by atoms with Crippen LogP contribution in [-0.2, 0) is 9.59 Å². The average molecular weight is 382 g/mol. The second-order valence-electron chi connectivity index (χ2n) is 6.73. The first kappa shape index (κ1) is 19.7. The highest BCUT2D eigenvalue weighted by Crippen LogP contribution is 2.20. The third kappa shape index (κ3) is 5.49. The van der Waals surface area contributed by atoms with Crippen molar-refractivity contribution in [3.05, 3.63) is 54.6 Å². The number of piperidine rings is 1. The molecule has 3 rings (SSSR count). The van der Waals surface area contributed by atoms with Gasteiger partial charge >= 0.3 is 0 Å². The Hall–Kier alpha value is -3.02. The maximum absolute atomic E-state index is 12.5. The Morgan fingerprint density at radius 3 is 2.39 bits per heavy atom. The summed E-state index contributed by atoms with van der Waals surface area (Å²) in [6.45, 7) is 3.56. The number of nitrogens with zero attached hydrogens (tertiary/aromatic N) is 1. The van der Waals surface area contributed by atoms with Gasteiger partial charge in [-0.1, -0.05) is 18.2 Å². The molecule has 1 N–H and O–H groups in total. The van der Waals surface area contributed by atoms with Crippen LogP contribution in [0.2, 0.25) is 0 Å². The summed E-state index contributed by atoms with van der Waals surface area (Å²) in [5, 5.41) is 2.92. The summed E-state index contributed by atoms with van der Waals surface area (Å²) in [5.41, 5.74) is 0.773. The van der Waals surface area contributed by atoms with E-state index in [-0.39, 0.29) is 24.3 Å². The summed E-state index contributed by atoms with van der Waals surface area (Å²) in [7, 11) is 0. The Balaban J connectivity index is 1.49. The van der Waals surface area contributed by atoms with E-state index >= 15 is 0 Å². The number of hydrogen-bond donors (Lipinski definition) is 1. The van der Waals surface area contributed by atoms with E-state index in [4.69, 9.17) is 9.47 Å². The van der Waals surface area contributed by atoms with Crippen LogP contribution in [0.4, 0.5) is 5.69 Å². The zero-order valence-electron chi connectivity index (χ0n) is 16.1. The fourth-order valence-electron chi connectivity index (χ4n) is 3.22. The van der Waals surface area contributed by atoms with Crippen molar-refractivity contribution in [1.29, 1.82) is 0 Å². The molecular formula is C22H26N2O4. The number of carbonyl (C=O) groups is 2. The molecular weight excluding hydrogens is 356 g/mol. The molecule has 0 aromatic heterocycles. The topological polar surface area (TPSA) is 67.9 Å². The van der Waals surface area contributed by atoms with Crippen LogP contribution in [0.1, 0.15) is 19.8 Å². The van der Waals surface area contributed by atoms with Crippen LogP contribution in [0.3, 0.4) is 0 Å². The molecule has 0 spiro atoms. The van der Waals surface area contributed by atoms with Crippen LogP contribution in [0.15, 0.2) is 54.6 Å². The number of likely N-dealkylation sites (tertiary alicyclic amines) is 1. The van der Waals surface area contributed by atoms with Crippen LogP contribution >= 0.6 is 0 Å².